The molecule has 3 heteroatoms. The molecule has 2 aromatic rings. The van der Waals surface area contributed by atoms with Crippen LogP contribution in [-0.4, -0.2) is 22.6 Å². The summed E-state index contributed by atoms with van der Waals surface area (Å²) in [6.45, 7) is 4.44. The number of nitrogens with one attached hydrogen (secondary N) is 1. The summed E-state index contributed by atoms with van der Waals surface area (Å²) in [6, 6.07) is 11.2. The summed E-state index contributed by atoms with van der Waals surface area (Å²) in [5.74, 6) is 1.04. The molecule has 3 nitrogen and oxygen atoms in total. The van der Waals surface area contributed by atoms with Gasteiger partial charge >= 0.3 is 0 Å². The molecular weight excluding hydrogens is 222 g/mol. The van der Waals surface area contributed by atoms with Crippen molar-refractivity contribution in [3.8, 4) is 11.4 Å². The van der Waals surface area contributed by atoms with Crippen molar-refractivity contribution in [2.45, 2.75) is 32.4 Å². The molecule has 0 fully saturated rings. The van der Waals surface area contributed by atoms with Crippen molar-refractivity contribution >= 4 is 0 Å². The molecule has 0 aliphatic carbocycles. The number of likely N-dealkylation sites (N-methyl/N-ethyl adjacent to an activating group) is 1. The van der Waals surface area contributed by atoms with Gasteiger partial charge in [-0.1, -0.05) is 37.3 Å². The van der Waals surface area contributed by atoms with E-state index in [0.29, 0.717) is 12.1 Å². The van der Waals surface area contributed by atoms with Crippen LogP contribution in [0.1, 0.15) is 26.3 Å². The van der Waals surface area contributed by atoms with Crippen LogP contribution in [0.5, 0.6) is 0 Å². The number of nitrogens with zero attached hydrogens (tertiary/aromatic N) is 2. The van der Waals surface area contributed by atoms with Crippen molar-refractivity contribution < 1.29 is 0 Å². The van der Waals surface area contributed by atoms with E-state index in [0.717, 1.165) is 12.2 Å². The standard InChI is InChI=1S/C15H21N3/c1-4-14(16-3)12(2)18-11-10-17-15(18)13-8-6-5-7-9-13/h5-12,14,16H,4H2,1-3H3. The van der Waals surface area contributed by atoms with Crippen molar-refractivity contribution in [1.29, 1.82) is 0 Å². The van der Waals surface area contributed by atoms with Crippen molar-refractivity contribution in [3.05, 3.63) is 42.7 Å². The summed E-state index contributed by atoms with van der Waals surface area (Å²) < 4.78 is 2.25. The van der Waals surface area contributed by atoms with E-state index in [1.807, 2.05) is 31.4 Å². The smallest absolute Gasteiger partial charge is 0.140 e. The van der Waals surface area contributed by atoms with Gasteiger partial charge in [0.05, 0.1) is 0 Å². The largest absolute Gasteiger partial charge is 0.327 e. The lowest BCUT2D eigenvalue weighted by Crippen LogP contribution is -2.33. The first-order chi connectivity index (χ1) is 8.77. The molecule has 2 rings (SSSR count). The minimum absolute atomic E-state index is 0.387. The van der Waals surface area contributed by atoms with E-state index in [9.17, 15) is 0 Å². The van der Waals surface area contributed by atoms with Crippen LogP contribution >= 0.6 is 0 Å². The molecule has 0 aliphatic heterocycles. The Morgan fingerprint density at radius 1 is 1.28 bits per heavy atom. The van der Waals surface area contributed by atoms with E-state index < -0.39 is 0 Å². The van der Waals surface area contributed by atoms with Gasteiger partial charge in [0.2, 0.25) is 0 Å². The van der Waals surface area contributed by atoms with Gasteiger partial charge in [-0.15, -0.1) is 0 Å². The van der Waals surface area contributed by atoms with Crippen molar-refractivity contribution in [2.24, 2.45) is 0 Å². The van der Waals surface area contributed by atoms with Crippen molar-refractivity contribution in [2.75, 3.05) is 7.05 Å². The molecule has 0 bridgehead atoms. The van der Waals surface area contributed by atoms with E-state index >= 15 is 0 Å². The predicted molar refractivity (Wildman–Crippen MR) is 75.5 cm³/mol. The zero-order valence-electron chi connectivity index (χ0n) is 11.3. The number of hydrogen-bond donors (Lipinski definition) is 1. The molecule has 1 aromatic carbocycles. The van der Waals surface area contributed by atoms with Gasteiger partial charge in [0.25, 0.3) is 0 Å². The first kappa shape index (κ1) is 12.8. The average Bonchev–Trinajstić information content (AvgIpc) is 2.90. The normalized spacial score (nSPS) is 14.4. The first-order valence-electron chi connectivity index (χ1n) is 6.53. The Bertz CT molecular complexity index is 471. The third-order valence-corrected chi connectivity index (χ3v) is 3.53. The predicted octanol–water partition coefficient (Wildman–Crippen LogP) is 3.11. The lowest BCUT2D eigenvalue weighted by atomic mass is 10.1. The number of benzene rings is 1. The van der Waals surface area contributed by atoms with Gasteiger partial charge < -0.3 is 9.88 Å². The Morgan fingerprint density at radius 3 is 2.61 bits per heavy atom. The molecule has 0 saturated carbocycles. The number of imidazole rings is 1. The van der Waals surface area contributed by atoms with Gasteiger partial charge in [-0.25, -0.2) is 4.98 Å². The van der Waals surface area contributed by atoms with Crippen LogP contribution in [0, 0.1) is 0 Å². The fraction of sp³-hybridized carbons (Fsp3) is 0.400. The summed E-state index contributed by atoms with van der Waals surface area (Å²) >= 11 is 0. The molecule has 0 radical (unpaired) electrons. The molecule has 96 valence electrons. The maximum atomic E-state index is 4.49. The van der Waals surface area contributed by atoms with Gasteiger partial charge in [-0.05, 0) is 20.4 Å². The molecule has 2 atom stereocenters. The second-order valence-electron chi connectivity index (χ2n) is 4.57. The lowest BCUT2D eigenvalue weighted by Gasteiger charge is -2.25. The summed E-state index contributed by atoms with van der Waals surface area (Å²) in [5.41, 5.74) is 1.17. The Hall–Kier alpha value is -1.61. The Morgan fingerprint density at radius 2 is 2.00 bits per heavy atom. The summed E-state index contributed by atoms with van der Waals surface area (Å²) in [7, 11) is 2.02. The van der Waals surface area contributed by atoms with Gasteiger partial charge in [-0.3, -0.25) is 0 Å². The maximum absolute atomic E-state index is 4.49. The fourth-order valence-corrected chi connectivity index (χ4v) is 2.43. The molecular formula is C15H21N3. The van der Waals surface area contributed by atoms with Gasteiger partial charge in [0.15, 0.2) is 0 Å². The Balaban J connectivity index is 2.33. The zero-order valence-corrected chi connectivity index (χ0v) is 11.3. The van der Waals surface area contributed by atoms with Crippen molar-refractivity contribution in [1.82, 2.24) is 14.9 Å². The molecule has 0 amide bonds. The highest BCUT2D eigenvalue weighted by Crippen LogP contribution is 2.23. The molecule has 1 N–H and O–H groups in total. The van der Waals surface area contributed by atoms with Crippen LogP contribution < -0.4 is 5.32 Å². The molecule has 0 saturated heterocycles. The number of aromatic nitrogens is 2. The molecule has 1 heterocycles. The monoisotopic (exact) mass is 243 g/mol. The highest BCUT2D eigenvalue weighted by molar-refractivity contribution is 5.55. The minimum Gasteiger partial charge on any atom is -0.327 e. The summed E-state index contributed by atoms with van der Waals surface area (Å²) in [6.07, 6.45) is 5.04. The van der Waals surface area contributed by atoms with E-state index in [1.54, 1.807) is 0 Å². The highest BCUT2D eigenvalue weighted by Gasteiger charge is 2.18. The molecule has 0 aliphatic rings. The van der Waals surface area contributed by atoms with Crippen LogP contribution in [0.3, 0.4) is 0 Å². The van der Waals surface area contributed by atoms with E-state index in [1.165, 1.54) is 5.56 Å². The molecule has 0 spiro atoms. The third-order valence-electron chi connectivity index (χ3n) is 3.53. The molecule has 2 unspecified atom stereocenters. The number of hydrogen-bond acceptors (Lipinski definition) is 2. The SMILES string of the molecule is CCC(NC)C(C)n1ccnc1-c1ccccc1. The number of rotatable bonds is 5. The quantitative estimate of drug-likeness (QED) is 0.874. The van der Waals surface area contributed by atoms with Crippen LogP contribution in [0.2, 0.25) is 0 Å². The van der Waals surface area contributed by atoms with E-state index in [4.69, 9.17) is 0 Å². The molecule has 1 aromatic heterocycles. The third kappa shape index (κ3) is 2.46. The fourth-order valence-electron chi connectivity index (χ4n) is 2.43. The van der Waals surface area contributed by atoms with Crippen LogP contribution in [0.4, 0.5) is 0 Å². The van der Waals surface area contributed by atoms with Gasteiger partial charge in [0, 0.05) is 30.0 Å². The second kappa shape index (κ2) is 5.83. The minimum atomic E-state index is 0.387. The van der Waals surface area contributed by atoms with Crippen molar-refractivity contribution in [3.63, 3.8) is 0 Å². The van der Waals surface area contributed by atoms with Crippen LogP contribution in [0.15, 0.2) is 42.7 Å². The second-order valence-corrected chi connectivity index (χ2v) is 4.57. The highest BCUT2D eigenvalue weighted by atomic mass is 15.1. The first-order valence-corrected chi connectivity index (χ1v) is 6.53. The topological polar surface area (TPSA) is 29.9 Å². The average molecular weight is 243 g/mol. The van der Waals surface area contributed by atoms with Gasteiger partial charge in [0.1, 0.15) is 5.82 Å². The lowest BCUT2D eigenvalue weighted by molar-refractivity contribution is 0.384. The Kier molecular flexibility index (Phi) is 4.15. The van der Waals surface area contributed by atoms with Crippen LogP contribution in [-0.2, 0) is 0 Å². The maximum Gasteiger partial charge on any atom is 0.140 e. The molecule has 18 heavy (non-hydrogen) atoms. The van der Waals surface area contributed by atoms with E-state index in [-0.39, 0.29) is 0 Å². The summed E-state index contributed by atoms with van der Waals surface area (Å²) in [4.78, 5) is 4.49. The Labute approximate surface area is 109 Å². The zero-order chi connectivity index (χ0) is 13.0. The van der Waals surface area contributed by atoms with E-state index in [2.05, 4.69) is 47.0 Å². The van der Waals surface area contributed by atoms with Gasteiger partial charge in [-0.2, -0.15) is 0 Å². The summed E-state index contributed by atoms with van der Waals surface area (Å²) in [5, 5.41) is 3.37. The van der Waals surface area contributed by atoms with Crippen LogP contribution in [0.25, 0.3) is 11.4 Å².